The van der Waals surface area contributed by atoms with Gasteiger partial charge in [-0.3, -0.25) is 4.79 Å². The lowest BCUT2D eigenvalue weighted by Crippen LogP contribution is -2.38. The molecule has 0 aromatic heterocycles. The summed E-state index contributed by atoms with van der Waals surface area (Å²) in [6.07, 6.45) is 7.89. The maximum absolute atomic E-state index is 12.4. The second-order valence-corrected chi connectivity index (χ2v) is 6.60. The lowest BCUT2D eigenvalue weighted by Gasteiger charge is -2.17. The predicted molar refractivity (Wildman–Crippen MR) is 103 cm³/mol. The molecule has 27 heavy (non-hydrogen) atoms. The highest BCUT2D eigenvalue weighted by Gasteiger charge is 2.42. The first-order chi connectivity index (χ1) is 13.0. The fraction of sp³-hybridized carbons (Fsp3) is 0.650. The molecule has 1 aliphatic heterocycles. The van der Waals surface area contributed by atoms with Gasteiger partial charge in [-0.1, -0.05) is 51.7 Å². The number of amides is 2. The van der Waals surface area contributed by atoms with Crippen molar-refractivity contribution in [3.63, 3.8) is 0 Å². The van der Waals surface area contributed by atoms with Crippen LogP contribution in [0.4, 0.5) is 4.79 Å². The van der Waals surface area contributed by atoms with E-state index in [-0.39, 0.29) is 24.6 Å². The highest BCUT2D eigenvalue weighted by Crippen LogP contribution is 2.30. The van der Waals surface area contributed by atoms with E-state index in [2.05, 4.69) is 30.7 Å². The molecule has 0 aromatic carbocycles. The molecule has 1 saturated heterocycles. The van der Waals surface area contributed by atoms with Crippen molar-refractivity contribution >= 4 is 18.0 Å². The third kappa shape index (κ3) is 8.28. The molecule has 1 fully saturated rings. The Hall–Kier alpha value is -2.31. The van der Waals surface area contributed by atoms with Crippen molar-refractivity contribution in [1.29, 1.82) is 0 Å². The number of ether oxygens (including phenoxy) is 2. The number of hydrogen-bond donors (Lipinski definition) is 2. The van der Waals surface area contributed by atoms with Crippen LogP contribution < -0.4 is 10.6 Å². The Labute approximate surface area is 161 Å². The molecule has 0 saturated carbocycles. The van der Waals surface area contributed by atoms with E-state index in [1.807, 2.05) is 0 Å². The van der Waals surface area contributed by atoms with Gasteiger partial charge in [-0.15, -0.1) is 6.58 Å². The van der Waals surface area contributed by atoms with Gasteiger partial charge in [0.15, 0.2) is 0 Å². The molecule has 2 atom stereocenters. The van der Waals surface area contributed by atoms with Crippen molar-refractivity contribution in [2.45, 2.75) is 58.0 Å². The zero-order valence-electron chi connectivity index (χ0n) is 16.3. The molecule has 2 N–H and O–H groups in total. The number of unbranched alkanes of at least 4 members (excludes halogenated alkanes) is 5. The molecule has 0 aromatic rings. The average molecular weight is 380 g/mol. The second-order valence-electron chi connectivity index (χ2n) is 6.60. The molecule has 0 aliphatic carbocycles. The third-order valence-electron chi connectivity index (χ3n) is 4.42. The van der Waals surface area contributed by atoms with E-state index in [1.54, 1.807) is 0 Å². The van der Waals surface area contributed by atoms with Gasteiger partial charge in [0.1, 0.15) is 18.6 Å². The molecule has 0 radical (unpaired) electrons. The minimum absolute atomic E-state index is 0.0326. The average Bonchev–Trinajstić information content (AvgIpc) is 2.93. The molecule has 152 valence electrons. The SMILES string of the molecule is C=CCNC(=O)OCCNC(=O)[C@@H]1C(=C)C(=O)O[C@H]1CCCCCCCC. The molecule has 7 nitrogen and oxygen atoms in total. The van der Waals surface area contributed by atoms with Crippen molar-refractivity contribution in [1.82, 2.24) is 10.6 Å². The van der Waals surface area contributed by atoms with Gasteiger partial charge in [0.2, 0.25) is 5.91 Å². The Morgan fingerprint density at radius 3 is 2.59 bits per heavy atom. The summed E-state index contributed by atoms with van der Waals surface area (Å²) in [4.78, 5) is 35.5. The quantitative estimate of drug-likeness (QED) is 0.222. The largest absolute Gasteiger partial charge is 0.458 e. The minimum Gasteiger partial charge on any atom is -0.458 e. The van der Waals surface area contributed by atoms with Gasteiger partial charge in [-0.05, 0) is 12.8 Å². The zero-order valence-corrected chi connectivity index (χ0v) is 16.3. The standard InChI is InChI=1S/C20H32N2O5/c1-4-6-7-8-9-10-11-16-17(15(3)19(24)27-16)18(23)21-13-14-26-20(25)22-12-5-2/h5,16-17H,2-4,6-14H2,1H3,(H,21,23)(H,22,25)/t16-,17+/m0/s1. The molecule has 1 heterocycles. The van der Waals surface area contributed by atoms with E-state index < -0.39 is 24.1 Å². The van der Waals surface area contributed by atoms with Crippen LogP contribution in [0, 0.1) is 5.92 Å². The first-order valence-corrected chi connectivity index (χ1v) is 9.70. The fourth-order valence-electron chi connectivity index (χ4n) is 2.95. The van der Waals surface area contributed by atoms with E-state index in [9.17, 15) is 14.4 Å². The van der Waals surface area contributed by atoms with Gasteiger partial charge in [0, 0.05) is 12.1 Å². The normalized spacial score (nSPS) is 18.7. The number of carbonyl (C=O) groups excluding carboxylic acids is 3. The van der Waals surface area contributed by atoms with Crippen molar-refractivity contribution in [3.05, 3.63) is 24.8 Å². The summed E-state index contributed by atoms with van der Waals surface area (Å²) in [7, 11) is 0. The highest BCUT2D eigenvalue weighted by atomic mass is 16.6. The molecular weight excluding hydrogens is 348 g/mol. The van der Waals surface area contributed by atoms with E-state index in [0.29, 0.717) is 13.0 Å². The molecule has 0 unspecified atom stereocenters. The molecule has 2 amide bonds. The Morgan fingerprint density at radius 1 is 1.19 bits per heavy atom. The molecule has 1 aliphatic rings. The van der Waals surface area contributed by atoms with E-state index in [0.717, 1.165) is 19.3 Å². The van der Waals surface area contributed by atoms with Crippen LogP contribution in [0.5, 0.6) is 0 Å². The van der Waals surface area contributed by atoms with Gasteiger partial charge in [0.25, 0.3) is 0 Å². The van der Waals surface area contributed by atoms with Gasteiger partial charge >= 0.3 is 12.1 Å². The molecule has 7 heteroatoms. The fourth-order valence-corrected chi connectivity index (χ4v) is 2.95. The summed E-state index contributed by atoms with van der Waals surface area (Å²) >= 11 is 0. The highest BCUT2D eigenvalue weighted by molar-refractivity contribution is 5.99. The lowest BCUT2D eigenvalue weighted by molar-refractivity contribution is -0.140. The summed E-state index contributed by atoms with van der Waals surface area (Å²) in [6, 6.07) is 0. The number of rotatable bonds is 13. The number of hydrogen-bond acceptors (Lipinski definition) is 5. The Balaban J connectivity index is 2.35. The third-order valence-corrected chi connectivity index (χ3v) is 4.42. The van der Waals surface area contributed by atoms with E-state index >= 15 is 0 Å². The summed E-state index contributed by atoms with van der Waals surface area (Å²) in [5.41, 5.74) is 0.188. The first-order valence-electron chi connectivity index (χ1n) is 9.70. The summed E-state index contributed by atoms with van der Waals surface area (Å²) in [5, 5.41) is 5.14. The van der Waals surface area contributed by atoms with Crippen molar-refractivity contribution in [2.75, 3.05) is 19.7 Å². The molecular formula is C20H32N2O5. The van der Waals surface area contributed by atoms with Gasteiger partial charge in [0.05, 0.1) is 6.54 Å². The summed E-state index contributed by atoms with van der Waals surface area (Å²) < 4.78 is 10.2. The van der Waals surface area contributed by atoms with Crippen LogP contribution in [0.3, 0.4) is 0 Å². The number of carbonyl (C=O) groups is 3. The predicted octanol–water partition coefficient (Wildman–Crippen LogP) is 2.86. The topological polar surface area (TPSA) is 93.7 Å². The number of nitrogens with one attached hydrogen (secondary N) is 2. The number of cyclic esters (lactones) is 1. The van der Waals surface area contributed by atoms with Crippen molar-refractivity contribution < 1.29 is 23.9 Å². The van der Waals surface area contributed by atoms with Crippen molar-refractivity contribution in [3.8, 4) is 0 Å². The van der Waals surface area contributed by atoms with E-state index in [4.69, 9.17) is 9.47 Å². The van der Waals surface area contributed by atoms with Gasteiger partial charge < -0.3 is 20.1 Å². The van der Waals surface area contributed by atoms with Crippen LogP contribution in [-0.2, 0) is 19.1 Å². The van der Waals surface area contributed by atoms with Crippen LogP contribution in [0.2, 0.25) is 0 Å². The lowest BCUT2D eigenvalue weighted by atomic mass is 9.92. The Morgan fingerprint density at radius 2 is 1.89 bits per heavy atom. The Bertz CT molecular complexity index is 532. The molecule has 1 rings (SSSR count). The zero-order chi connectivity index (χ0) is 20.1. The first kappa shape index (κ1) is 22.7. The van der Waals surface area contributed by atoms with Gasteiger partial charge in [-0.25, -0.2) is 9.59 Å². The van der Waals surface area contributed by atoms with Crippen LogP contribution in [0.1, 0.15) is 51.9 Å². The maximum atomic E-state index is 12.4. The molecule has 0 bridgehead atoms. The monoisotopic (exact) mass is 380 g/mol. The number of esters is 1. The second kappa shape index (κ2) is 12.9. The Kier molecular flexibility index (Phi) is 10.9. The molecule has 0 spiro atoms. The minimum atomic E-state index is -0.678. The maximum Gasteiger partial charge on any atom is 0.407 e. The van der Waals surface area contributed by atoms with Crippen molar-refractivity contribution in [2.24, 2.45) is 5.92 Å². The van der Waals surface area contributed by atoms with Gasteiger partial charge in [-0.2, -0.15) is 0 Å². The van der Waals surface area contributed by atoms with Crippen LogP contribution in [0.25, 0.3) is 0 Å². The summed E-state index contributed by atoms with van der Waals surface area (Å²) in [5.74, 6) is -1.51. The van der Waals surface area contributed by atoms with Crippen LogP contribution >= 0.6 is 0 Å². The van der Waals surface area contributed by atoms with Crippen LogP contribution in [0.15, 0.2) is 24.8 Å². The van der Waals surface area contributed by atoms with E-state index in [1.165, 1.54) is 25.3 Å². The van der Waals surface area contributed by atoms with Crippen LogP contribution in [-0.4, -0.2) is 43.8 Å². The smallest absolute Gasteiger partial charge is 0.407 e. The summed E-state index contributed by atoms with van der Waals surface area (Å²) in [6.45, 7) is 9.86. The number of alkyl carbamates (subject to hydrolysis) is 1.